The van der Waals surface area contributed by atoms with Crippen molar-refractivity contribution in [3.8, 4) is 0 Å². The summed E-state index contributed by atoms with van der Waals surface area (Å²) in [5, 5.41) is 4.66. The largest absolute Gasteiger partial charge is 0.381 e. The van der Waals surface area contributed by atoms with E-state index in [0.717, 1.165) is 60.9 Å². The highest BCUT2D eigenvalue weighted by atomic mass is 35.5. The highest BCUT2D eigenvalue weighted by molar-refractivity contribution is 7.92. The summed E-state index contributed by atoms with van der Waals surface area (Å²) in [7, 11) is -4.95. The summed E-state index contributed by atoms with van der Waals surface area (Å²) in [5.74, 6) is -3.06. The van der Waals surface area contributed by atoms with E-state index in [0.29, 0.717) is 11.6 Å². The Labute approximate surface area is 220 Å². The summed E-state index contributed by atoms with van der Waals surface area (Å²) in [6.45, 7) is 4.07. The van der Waals surface area contributed by atoms with Crippen LogP contribution in [0.25, 0.3) is 0 Å². The first-order chi connectivity index (χ1) is 17.7. The molecule has 2 aromatic carbocycles. The van der Waals surface area contributed by atoms with Crippen LogP contribution in [0.4, 0.5) is 20.3 Å². The van der Waals surface area contributed by atoms with Gasteiger partial charge in [0.15, 0.2) is 10.7 Å². The van der Waals surface area contributed by atoms with E-state index in [1.54, 1.807) is 6.07 Å². The number of likely N-dealkylation sites (tertiary alicyclic amines) is 1. The number of hydrogen-bond acceptors (Lipinski definition) is 9. The Morgan fingerprint density at radius 1 is 1.27 bits per heavy atom. The molecule has 1 N–H and O–H groups in total. The summed E-state index contributed by atoms with van der Waals surface area (Å²) in [5.41, 5.74) is 3.28. The quantitative estimate of drug-likeness (QED) is 0.290. The maximum Gasteiger partial charge on any atom is 0.322 e. The molecule has 0 unspecified atom stereocenters. The number of sulfonamides is 1. The van der Waals surface area contributed by atoms with Gasteiger partial charge in [0.25, 0.3) is 0 Å². The molecule has 3 aromatic rings. The van der Waals surface area contributed by atoms with Gasteiger partial charge < -0.3 is 14.9 Å². The molecule has 0 amide bonds. The van der Waals surface area contributed by atoms with Gasteiger partial charge in [0.05, 0.1) is 18.7 Å². The summed E-state index contributed by atoms with van der Waals surface area (Å²) in [4.78, 5) is 20.1. The third-order valence-electron chi connectivity index (χ3n) is 6.23. The molecule has 0 saturated carbocycles. The molecule has 2 aliphatic heterocycles. The van der Waals surface area contributed by atoms with Gasteiger partial charge in [-0.05, 0) is 29.3 Å². The third kappa shape index (κ3) is 5.01. The molecular weight excluding hydrogens is 550 g/mol. The van der Waals surface area contributed by atoms with Gasteiger partial charge in [-0.2, -0.15) is 8.42 Å². The van der Waals surface area contributed by atoms with Gasteiger partial charge in [0.1, 0.15) is 11.6 Å². The van der Waals surface area contributed by atoms with Crippen molar-refractivity contribution in [3.05, 3.63) is 69.0 Å². The van der Waals surface area contributed by atoms with E-state index in [9.17, 15) is 22.0 Å². The minimum absolute atomic E-state index is 0.00542. The van der Waals surface area contributed by atoms with E-state index in [1.165, 1.54) is 10.9 Å². The Balaban J connectivity index is 1.34. The number of aromatic nitrogens is 1. The van der Waals surface area contributed by atoms with Gasteiger partial charge in [-0.3, -0.25) is 9.69 Å². The molecule has 2 aliphatic rings. The Hall–Kier alpha value is -2.84. The predicted molar refractivity (Wildman–Crippen MR) is 133 cm³/mol. The number of nitrogens with zero attached hydrogens (tertiary/aromatic N) is 3. The zero-order valence-electron chi connectivity index (χ0n) is 19.2. The van der Waals surface area contributed by atoms with Crippen molar-refractivity contribution >= 4 is 50.9 Å². The number of hydrogen-bond donors (Lipinski definition) is 1. The SMILES string of the molecule is O=CON(c1cscn1)S(=O)(=O)c1c(F)cc(NCc2c(Cl)cccc2CN2CC3(COC3)C2)cc1F. The number of thiazole rings is 1. The Bertz CT molecular complexity index is 1390. The maximum absolute atomic E-state index is 15.0. The second-order valence-electron chi connectivity index (χ2n) is 8.92. The lowest BCUT2D eigenvalue weighted by Crippen LogP contribution is -2.65. The summed E-state index contributed by atoms with van der Waals surface area (Å²) < 4.78 is 61.2. The van der Waals surface area contributed by atoms with Crippen LogP contribution in [0.15, 0.2) is 46.1 Å². The van der Waals surface area contributed by atoms with Crippen LogP contribution in [0.3, 0.4) is 0 Å². The monoisotopic (exact) mass is 570 g/mol. The van der Waals surface area contributed by atoms with Crippen molar-refractivity contribution in [2.24, 2.45) is 5.41 Å². The van der Waals surface area contributed by atoms with Gasteiger partial charge in [-0.15, -0.1) is 11.3 Å². The fourth-order valence-electron chi connectivity index (χ4n) is 4.53. The average Bonchev–Trinajstić information content (AvgIpc) is 3.31. The molecular formula is C23H21ClF2N4O5S2. The Morgan fingerprint density at radius 3 is 2.59 bits per heavy atom. The van der Waals surface area contributed by atoms with E-state index < -0.39 is 26.6 Å². The van der Waals surface area contributed by atoms with Gasteiger partial charge in [0.2, 0.25) is 0 Å². The minimum atomic E-state index is -4.95. The number of carbonyl (C=O) groups is 1. The predicted octanol–water partition coefficient (Wildman–Crippen LogP) is 3.80. The van der Waals surface area contributed by atoms with Crippen LogP contribution in [-0.2, 0) is 37.5 Å². The number of halogens is 3. The minimum Gasteiger partial charge on any atom is -0.381 e. The molecule has 3 heterocycles. The number of carbonyl (C=O) groups excluding carboxylic acids is 1. The molecule has 5 rings (SSSR count). The molecule has 1 spiro atoms. The van der Waals surface area contributed by atoms with Crippen molar-refractivity contribution in [2.45, 2.75) is 18.0 Å². The molecule has 9 nitrogen and oxygen atoms in total. The van der Waals surface area contributed by atoms with Gasteiger partial charge in [0, 0.05) is 47.7 Å². The lowest BCUT2D eigenvalue weighted by atomic mass is 9.78. The van der Waals surface area contributed by atoms with Crippen LogP contribution >= 0.6 is 22.9 Å². The van der Waals surface area contributed by atoms with Crippen LogP contribution in [0.2, 0.25) is 5.02 Å². The molecule has 1 aromatic heterocycles. The molecule has 2 fully saturated rings. The lowest BCUT2D eigenvalue weighted by molar-refractivity contribution is -0.191. The van der Waals surface area contributed by atoms with E-state index in [2.05, 4.69) is 20.0 Å². The third-order valence-corrected chi connectivity index (χ3v) is 8.78. The molecule has 0 atom stereocenters. The molecule has 0 aliphatic carbocycles. The molecule has 14 heteroatoms. The lowest BCUT2D eigenvalue weighted by Gasteiger charge is -2.55. The van der Waals surface area contributed by atoms with Crippen LogP contribution in [0.1, 0.15) is 11.1 Å². The van der Waals surface area contributed by atoms with Gasteiger partial charge >= 0.3 is 16.5 Å². The fourth-order valence-corrected chi connectivity index (χ4v) is 6.64. The number of anilines is 2. The number of nitrogens with one attached hydrogen (secondary N) is 1. The molecule has 37 heavy (non-hydrogen) atoms. The topological polar surface area (TPSA) is 101 Å². The maximum atomic E-state index is 15.0. The zero-order chi connectivity index (χ0) is 26.2. The number of benzene rings is 2. The highest BCUT2D eigenvalue weighted by Gasteiger charge is 2.48. The molecule has 2 saturated heterocycles. The first-order valence-corrected chi connectivity index (χ1v) is 13.8. The molecule has 196 valence electrons. The fraction of sp³-hybridized carbons (Fsp3) is 0.304. The summed E-state index contributed by atoms with van der Waals surface area (Å²) in [6.07, 6.45) is 0. The van der Waals surface area contributed by atoms with Crippen molar-refractivity contribution in [3.63, 3.8) is 0 Å². The van der Waals surface area contributed by atoms with Gasteiger partial charge in [-0.25, -0.2) is 13.8 Å². The Morgan fingerprint density at radius 2 is 2.00 bits per heavy atom. The standard InChI is InChI=1S/C23H21ClF2N4O5S2/c24-18-3-1-2-15(7-29-9-23(10-29)11-34-12-23)17(18)6-27-16-4-19(25)22(20(26)5-16)37(32,33)30(35-14-31)21-8-36-13-28-21/h1-5,8,13-14,27H,6-7,9-12H2. The smallest absolute Gasteiger partial charge is 0.322 e. The average molecular weight is 571 g/mol. The van der Waals surface area contributed by atoms with Crippen molar-refractivity contribution in [2.75, 3.05) is 36.1 Å². The zero-order valence-corrected chi connectivity index (χ0v) is 21.6. The molecule has 0 radical (unpaired) electrons. The first-order valence-electron chi connectivity index (χ1n) is 11.1. The van der Waals surface area contributed by atoms with Crippen molar-refractivity contribution in [1.29, 1.82) is 0 Å². The van der Waals surface area contributed by atoms with E-state index >= 15 is 0 Å². The normalized spacial score (nSPS) is 16.6. The highest BCUT2D eigenvalue weighted by Crippen LogP contribution is 2.39. The van der Waals surface area contributed by atoms with Crippen LogP contribution in [-0.4, -0.2) is 51.1 Å². The Kier molecular flexibility index (Phi) is 7.07. The van der Waals surface area contributed by atoms with Crippen LogP contribution < -0.4 is 9.79 Å². The van der Waals surface area contributed by atoms with E-state index in [1.807, 2.05) is 12.1 Å². The second-order valence-corrected chi connectivity index (χ2v) is 11.7. The second kappa shape index (κ2) is 10.1. The first kappa shape index (κ1) is 25.8. The number of rotatable bonds is 10. The van der Waals surface area contributed by atoms with Crippen molar-refractivity contribution in [1.82, 2.24) is 9.88 Å². The number of ether oxygens (including phenoxy) is 1. The van der Waals surface area contributed by atoms with E-state index in [4.69, 9.17) is 16.3 Å². The summed E-state index contributed by atoms with van der Waals surface area (Å²) >= 11 is 7.44. The summed E-state index contributed by atoms with van der Waals surface area (Å²) in [6, 6.07) is 7.22. The van der Waals surface area contributed by atoms with Crippen LogP contribution in [0, 0.1) is 17.0 Å². The van der Waals surface area contributed by atoms with Crippen LogP contribution in [0.5, 0.6) is 0 Å². The van der Waals surface area contributed by atoms with E-state index in [-0.39, 0.29) is 34.4 Å². The van der Waals surface area contributed by atoms with Gasteiger partial charge in [-0.1, -0.05) is 28.2 Å². The molecule has 0 bridgehead atoms. The van der Waals surface area contributed by atoms with Crippen molar-refractivity contribution < 1.29 is 31.6 Å².